The van der Waals surface area contributed by atoms with E-state index in [0.717, 1.165) is 71.9 Å². The summed E-state index contributed by atoms with van der Waals surface area (Å²) in [5.74, 6) is 0.389. The highest BCUT2D eigenvalue weighted by Crippen LogP contribution is 2.51. The Morgan fingerprint density at radius 1 is 0.882 bits per heavy atom. The van der Waals surface area contributed by atoms with Gasteiger partial charge in [0.15, 0.2) is 0 Å². The van der Waals surface area contributed by atoms with Gasteiger partial charge in [0.05, 0.1) is 12.3 Å². The zero-order chi connectivity index (χ0) is 34.3. The summed E-state index contributed by atoms with van der Waals surface area (Å²) in [4.78, 5) is 2.39. The van der Waals surface area contributed by atoms with Gasteiger partial charge < -0.3 is 13.9 Å². The van der Waals surface area contributed by atoms with Gasteiger partial charge in [0, 0.05) is 56.6 Å². The van der Waals surface area contributed by atoms with Crippen LogP contribution in [-0.2, 0) is 0 Å². The summed E-state index contributed by atoms with van der Waals surface area (Å²) in [6, 6.07) is 26.2. The van der Waals surface area contributed by atoms with Crippen LogP contribution in [0, 0.1) is 0 Å². The number of para-hydroxylation sites is 2. The van der Waals surface area contributed by atoms with Gasteiger partial charge in [-0.25, -0.2) is 0 Å². The fourth-order valence-corrected chi connectivity index (χ4v) is 8.55. The minimum absolute atomic E-state index is 0.237. The van der Waals surface area contributed by atoms with Crippen molar-refractivity contribution < 1.29 is 4.42 Å². The second kappa shape index (κ2) is 13.2. The molecule has 0 bridgehead atoms. The van der Waals surface area contributed by atoms with Gasteiger partial charge in [-0.05, 0) is 103 Å². The molecule has 0 amide bonds. The lowest BCUT2D eigenvalue weighted by Gasteiger charge is -2.28. The third kappa shape index (κ3) is 5.54. The number of nitrogens with zero attached hydrogens (tertiary/aromatic N) is 2. The van der Waals surface area contributed by atoms with E-state index in [9.17, 15) is 0 Å². The summed E-state index contributed by atoms with van der Waals surface area (Å²) >= 11 is 0. The number of furan rings is 1. The molecule has 0 fully saturated rings. The first kappa shape index (κ1) is 31.2. The molecule has 0 radical (unpaired) electrons. The van der Waals surface area contributed by atoms with Crippen LogP contribution in [0.4, 0.5) is 5.69 Å². The van der Waals surface area contributed by atoms with Crippen LogP contribution in [0.15, 0.2) is 174 Å². The molecule has 2 atom stereocenters. The van der Waals surface area contributed by atoms with Gasteiger partial charge in [-0.3, -0.25) is 0 Å². The second-order valence-corrected chi connectivity index (χ2v) is 14.0. The number of fused-ring (bicyclic) bond motifs is 4. The summed E-state index contributed by atoms with van der Waals surface area (Å²) in [6.45, 7) is 8.83. The monoisotopic (exact) mass is 662 g/mol. The molecule has 3 nitrogen and oxygen atoms in total. The summed E-state index contributed by atoms with van der Waals surface area (Å²) < 4.78 is 8.39. The number of rotatable bonds is 9. The molecule has 9 rings (SSSR count). The molecule has 0 saturated heterocycles. The van der Waals surface area contributed by atoms with Crippen molar-refractivity contribution in [2.45, 2.75) is 50.5 Å². The van der Waals surface area contributed by atoms with Crippen molar-refractivity contribution in [3.05, 3.63) is 192 Å². The predicted molar refractivity (Wildman–Crippen MR) is 215 cm³/mol. The summed E-state index contributed by atoms with van der Waals surface area (Å²) in [7, 11) is 0. The highest BCUT2D eigenvalue weighted by atomic mass is 16.3. The maximum absolute atomic E-state index is 5.81. The normalized spacial score (nSPS) is 19.8. The number of aromatic nitrogens is 1. The standard InChI is InChI=1S/C48H42N2O/c1-3-34(31-38-32-51-47-21-10-8-15-42(38)47)36-22-26-39(27-23-36)49(40-28-24-37(25-29-40)35-13-5-4-6-14-35)30-12-20-45-33(2)41-17-11-18-44-43-16-7-9-19-46(43)50(45)48(41)44/h3-5,7-13,15-16,18-19,21-24,26-28,30-32,41,45H,1-2,6,14,17,20,25,29H2. The lowest BCUT2D eigenvalue weighted by molar-refractivity contribution is 0.615. The van der Waals surface area contributed by atoms with Crippen LogP contribution in [0.1, 0.15) is 72.9 Å². The lowest BCUT2D eigenvalue weighted by atomic mass is 9.86. The van der Waals surface area contributed by atoms with Crippen LogP contribution in [-0.4, -0.2) is 4.57 Å². The molecule has 2 unspecified atom stereocenters. The Hall–Kier alpha value is -5.80. The van der Waals surface area contributed by atoms with E-state index in [1.807, 2.05) is 30.5 Å². The van der Waals surface area contributed by atoms with E-state index in [0.29, 0.717) is 5.92 Å². The van der Waals surface area contributed by atoms with Gasteiger partial charge in [0.2, 0.25) is 0 Å². The van der Waals surface area contributed by atoms with Gasteiger partial charge >= 0.3 is 0 Å². The largest absolute Gasteiger partial charge is 0.464 e. The summed E-state index contributed by atoms with van der Waals surface area (Å²) in [6.07, 6.45) is 32.9. The molecule has 3 heterocycles. The Labute approximate surface area is 300 Å². The highest BCUT2D eigenvalue weighted by molar-refractivity contribution is 5.96. The van der Waals surface area contributed by atoms with Crippen LogP contribution in [0.3, 0.4) is 0 Å². The fourth-order valence-electron chi connectivity index (χ4n) is 8.55. The Kier molecular flexibility index (Phi) is 8.05. The minimum atomic E-state index is 0.237. The second-order valence-electron chi connectivity index (χ2n) is 14.0. The van der Waals surface area contributed by atoms with E-state index in [4.69, 9.17) is 4.42 Å². The van der Waals surface area contributed by atoms with E-state index in [2.05, 4.69) is 138 Å². The quantitative estimate of drug-likeness (QED) is 0.116. The number of allylic oxidation sites excluding steroid dienone is 13. The maximum Gasteiger partial charge on any atom is 0.134 e. The van der Waals surface area contributed by atoms with Crippen LogP contribution in [0.2, 0.25) is 0 Å². The molecule has 3 heteroatoms. The van der Waals surface area contributed by atoms with Crippen molar-refractivity contribution in [2.24, 2.45) is 0 Å². The molecule has 1 aliphatic heterocycles. The van der Waals surface area contributed by atoms with Gasteiger partial charge in [0.1, 0.15) is 5.58 Å². The molecule has 4 aliphatic rings. The molecular formula is C48H42N2O. The molecule has 0 N–H and O–H groups in total. The average Bonchev–Trinajstić information content (AvgIpc) is 3.85. The summed E-state index contributed by atoms with van der Waals surface area (Å²) in [5, 5.41) is 2.45. The third-order valence-corrected chi connectivity index (χ3v) is 11.2. The predicted octanol–water partition coefficient (Wildman–Crippen LogP) is 13.0. The van der Waals surface area contributed by atoms with Crippen LogP contribution >= 0.6 is 0 Å². The molecule has 250 valence electrons. The smallest absolute Gasteiger partial charge is 0.134 e. The lowest BCUT2D eigenvalue weighted by Crippen LogP contribution is -2.17. The van der Waals surface area contributed by atoms with E-state index < -0.39 is 0 Å². The SMILES string of the molecule is C=CC(=Cc1coc2ccccc12)c1ccc(N(C=CCC2C(=C)C3CC=Cc4c3n2c2ccccc42)C2=CC=C(C3=CC=CCC3)CC2)cc1. The Balaban J connectivity index is 1.04. The fraction of sp³-hybridized carbons (Fsp3) is 0.167. The van der Waals surface area contributed by atoms with Crippen molar-refractivity contribution in [1.29, 1.82) is 0 Å². The first-order valence-electron chi connectivity index (χ1n) is 18.3. The third-order valence-electron chi connectivity index (χ3n) is 11.2. The van der Waals surface area contributed by atoms with Crippen LogP contribution in [0.25, 0.3) is 39.6 Å². The van der Waals surface area contributed by atoms with Gasteiger partial charge in [-0.2, -0.15) is 0 Å². The molecule has 0 saturated carbocycles. The van der Waals surface area contributed by atoms with Crippen molar-refractivity contribution in [3.8, 4) is 0 Å². The highest BCUT2D eigenvalue weighted by Gasteiger charge is 2.38. The van der Waals surface area contributed by atoms with Crippen molar-refractivity contribution in [3.63, 3.8) is 0 Å². The first-order chi connectivity index (χ1) is 25.2. The first-order valence-corrected chi connectivity index (χ1v) is 18.3. The minimum Gasteiger partial charge on any atom is -0.464 e. The number of hydrogen-bond donors (Lipinski definition) is 0. The van der Waals surface area contributed by atoms with Gasteiger partial charge in [-0.1, -0.05) is 110 Å². The summed E-state index contributed by atoms with van der Waals surface area (Å²) in [5.41, 5.74) is 15.0. The molecule has 0 spiro atoms. The Morgan fingerprint density at radius 3 is 2.51 bits per heavy atom. The molecule has 5 aromatic rings. The molecule has 3 aromatic carbocycles. The zero-order valence-electron chi connectivity index (χ0n) is 29.0. The number of anilines is 1. The van der Waals surface area contributed by atoms with E-state index >= 15 is 0 Å². The van der Waals surface area contributed by atoms with E-state index in [1.165, 1.54) is 44.6 Å². The van der Waals surface area contributed by atoms with Gasteiger partial charge in [0.25, 0.3) is 0 Å². The topological polar surface area (TPSA) is 21.3 Å². The molecule has 51 heavy (non-hydrogen) atoms. The Morgan fingerprint density at radius 2 is 1.71 bits per heavy atom. The van der Waals surface area contributed by atoms with Crippen LogP contribution in [0.5, 0.6) is 0 Å². The number of hydrogen-bond acceptors (Lipinski definition) is 2. The van der Waals surface area contributed by atoms with E-state index in [-0.39, 0.29) is 6.04 Å². The molecule has 2 aromatic heterocycles. The van der Waals surface area contributed by atoms with E-state index in [1.54, 1.807) is 0 Å². The average molecular weight is 663 g/mol. The van der Waals surface area contributed by atoms with Crippen molar-refractivity contribution in [1.82, 2.24) is 4.57 Å². The molecule has 3 aliphatic carbocycles. The number of benzene rings is 3. The zero-order valence-corrected chi connectivity index (χ0v) is 29.0. The van der Waals surface area contributed by atoms with Crippen molar-refractivity contribution >= 4 is 45.3 Å². The maximum atomic E-state index is 5.81. The van der Waals surface area contributed by atoms with Crippen molar-refractivity contribution in [2.75, 3.05) is 4.90 Å². The molecular weight excluding hydrogens is 621 g/mol. The van der Waals surface area contributed by atoms with Gasteiger partial charge in [-0.15, -0.1) is 0 Å². The Bertz CT molecular complexity index is 2410. The van der Waals surface area contributed by atoms with Crippen LogP contribution < -0.4 is 4.90 Å².